The number of carbonyl (C=O) groups excluding carboxylic acids is 2. The minimum atomic E-state index is -0.425. The van der Waals surface area contributed by atoms with Crippen LogP contribution in [-0.2, 0) is 4.79 Å². The number of hydrogen-bond acceptors (Lipinski definition) is 3. The van der Waals surface area contributed by atoms with E-state index in [1.807, 2.05) is 49.1 Å². The summed E-state index contributed by atoms with van der Waals surface area (Å²) in [5, 5.41) is 0. The van der Waals surface area contributed by atoms with Crippen molar-refractivity contribution < 1.29 is 9.59 Å². The monoisotopic (exact) mass is 338 g/mol. The Balaban J connectivity index is 0.00000264. The first-order valence-electron chi connectivity index (χ1n) is 8.18. The number of hydrogen-bond donors (Lipinski definition) is 1. The van der Waals surface area contributed by atoms with Crippen LogP contribution in [0.25, 0.3) is 0 Å². The average Bonchev–Trinajstić information content (AvgIpc) is 2.60. The zero-order valence-corrected chi connectivity index (χ0v) is 14.7. The molecule has 1 heterocycles. The molecule has 1 aliphatic rings. The number of halogens is 1. The van der Waals surface area contributed by atoms with Gasteiger partial charge in [0, 0.05) is 24.6 Å². The number of Topliss-reactive ketones (excluding diaryl/α,β-unsaturated/α-hetero) is 1. The number of likely N-dealkylation sites (tertiary alicyclic amines) is 1. The summed E-state index contributed by atoms with van der Waals surface area (Å²) in [5.41, 5.74) is 6.80. The van der Waals surface area contributed by atoms with Gasteiger partial charge in [-0.15, -0.1) is 12.4 Å². The van der Waals surface area contributed by atoms with Gasteiger partial charge < -0.3 is 10.6 Å². The maximum Gasteiger partial charge on any atom is 0.239 e. The first-order valence-corrected chi connectivity index (χ1v) is 8.18. The molecule has 0 saturated carbocycles. The summed E-state index contributed by atoms with van der Waals surface area (Å²) >= 11 is 0. The largest absolute Gasteiger partial charge is 0.341 e. The normalized spacial score (nSPS) is 18.0. The lowest BCUT2D eigenvalue weighted by Crippen LogP contribution is -2.50. The molecular formula is C18H27ClN2O2. The van der Waals surface area contributed by atoms with Crippen molar-refractivity contribution in [2.45, 2.75) is 39.2 Å². The summed E-state index contributed by atoms with van der Waals surface area (Å²) in [6, 6.07) is 8.98. The Morgan fingerprint density at radius 2 is 1.78 bits per heavy atom. The van der Waals surface area contributed by atoms with Crippen LogP contribution >= 0.6 is 12.4 Å². The number of nitrogens with zero attached hydrogens (tertiary/aromatic N) is 1. The van der Waals surface area contributed by atoms with Crippen LogP contribution in [0.4, 0.5) is 0 Å². The van der Waals surface area contributed by atoms with E-state index in [0.29, 0.717) is 13.1 Å². The van der Waals surface area contributed by atoms with Gasteiger partial charge in [0.15, 0.2) is 5.78 Å². The Hall–Kier alpha value is -1.39. The van der Waals surface area contributed by atoms with E-state index >= 15 is 0 Å². The molecule has 1 saturated heterocycles. The van der Waals surface area contributed by atoms with Gasteiger partial charge in [0.1, 0.15) is 0 Å². The molecule has 0 spiro atoms. The van der Waals surface area contributed by atoms with Gasteiger partial charge in [-0.05, 0) is 18.8 Å². The van der Waals surface area contributed by atoms with Crippen LogP contribution in [0.3, 0.4) is 0 Å². The molecule has 5 heteroatoms. The SMILES string of the molecule is CCC(C)C(N)C(=O)N1CCC(C(=O)c2ccccc2)CC1.Cl. The Morgan fingerprint density at radius 3 is 2.30 bits per heavy atom. The molecule has 128 valence electrons. The predicted molar refractivity (Wildman–Crippen MR) is 94.8 cm³/mol. The second kappa shape index (κ2) is 9.04. The van der Waals surface area contributed by atoms with Crippen molar-refractivity contribution in [3.8, 4) is 0 Å². The highest BCUT2D eigenvalue weighted by Gasteiger charge is 2.31. The summed E-state index contributed by atoms with van der Waals surface area (Å²) in [7, 11) is 0. The van der Waals surface area contributed by atoms with Crippen molar-refractivity contribution in [2.75, 3.05) is 13.1 Å². The van der Waals surface area contributed by atoms with Crippen molar-refractivity contribution in [1.29, 1.82) is 0 Å². The second-order valence-corrected chi connectivity index (χ2v) is 6.24. The van der Waals surface area contributed by atoms with Gasteiger partial charge in [0.25, 0.3) is 0 Å². The molecule has 1 aromatic rings. The fourth-order valence-corrected chi connectivity index (χ4v) is 2.91. The van der Waals surface area contributed by atoms with Crippen LogP contribution in [0.5, 0.6) is 0 Å². The van der Waals surface area contributed by atoms with E-state index in [4.69, 9.17) is 5.73 Å². The van der Waals surface area contributed by atoms with Crippen LogP contribution in [0, 0.1) is 11.8 Å². The number of piperidine rings is 1. The topological polar surface area (TPSA) is 63.4 Å². The molecule has 1 aliphatic heterocycles. The summed E-state index contributed by atoms with van der Waals surface area (Å²) in [6.45, 7) is 5.31. The van der Waals surface area contributed by atoms with E-state index in [2.05, 4.69) is 0 Å². The van der Waals surface area contributed by atoms with Gasteiger partial charge in [0.05, 0.1) is 6.04 Å². The van der Waals surface area contributed by atoms with Crippen molar-refractivity contribution >= 4 is 24.1 Å². The molecule has 1 aromatic carbocycles. The summed E-state index contributed by atoms with van der Waals surface area (Å²) in [4.78, 5) is 26.6. The minimum Gasteiger partial charge on any atom is -0.341 e. The van der Waals surface area contributed by atoms with E-state index in [-0.39, 0.29) is 35.9 Å². The van der Waals surface area contributed by atoms with E-state index in [1.165, 1.54) is 0 Å². The maximum absolute atomic E-state index is 12.4. The molecule has 0 bridgehead atoms. The molecule has 2 rings (SSSR count). The molecule has 1 fully saturated rings. The molecule has 2 N–H and O–H groups in total. The summed E-state index contributed by atoms with van der Waals surface area (Å²) in [5.74, 6) is 0.432. The molecule has 4 nitrogen and oxygen atoms in total. The Morgan fingerprint density at radius 1 is 1.22 bits per heavy atom. The highest BCUT2D eigenvalue weighted by atomic mass is 35.5. The van der Waals surface area contributed by atoms with Crippen molar-refractivity contribution in [3.63, 3.8) is 0 Å². The highest BCUT2D eigenvalue weighted by Crippen LogP contribution is 2.23. The van der Waals surface area contributed by atoms with Gasteiger partial charge in [-0.25, -0.2) is 0 Å². The predicted octanol–water partition coefficient (Wildman–Crippen LogP) is 2.90. The van der Waals surface area contributed by atoms with Gasteiger partial charge in [-0.1, -0.05) is 50.6 Å². The van der Waals surface area contributed by atoms with E-state index in [9.17, 15) is 9.59 Å². The van der Waals surface area contributed by atoms with Crippen LogP contribution < -0.4 is 5.73 Å². The molecule has 0 aromatic heterocycles. The first kappa shape index (κ1) is 19.7. The van der Waals surface area contributed by atoms with Crippen molar-refractivity contribution in [3.05, 3.63) is 35.9 Å². The Kier molecular flexibility index (Phi) is 7.73. The number of benzene rings is 1. The Bertz CT molecular complexity index is 513. The molecular weight excluding hydrogens is 312 g/mol. The van der Waals surface area contributed by atoms with E-state index in [0.717, 1.165) is 24.8 Å². The van der Waals surface area contributed by atoms with Crippen LogP contribution in [0.15, 0.2) is 30.3 Å². The zero-order chi connectivity index (χ0) is 16.1. The molecule has 23 heavy (non-hydrogen) atoms. The zero-order valence-electron chi connectivity index (χ0n) is 13.9. The third-order valence-corrected chi connectivity index (χ3v) is 4.78. The van der Waals surface area contributed by atoms with Crippen molar-refractivity contribution in [1.82, 2.24) is 4.90 Å². The smallest absolute Gasteiger partial charge is 0.239 e. The molecule has 2 atom stereocenters. The first-order chi connectivity index (χ1) is 10.5. The minimum absolute atomic E-state index is 0. The van der Waals surface area contributed by atoms with E-state index in [1.54, 1.807) is 0 Å². The highest BCUT2D eigenvalue weighted by molar-refractivity contribution is 5.98. The third-order valence-electron chi connectivity index (χ3n) is 4.78. The maximum atomic E-state index is 12.4. The van der Waals surface area contributed by atoms with Crippen LogP contribution in [0.2, 0.25) is 0 Å². The number of amides is 1. The number of ketones is 1. The Labute approximate surface area is 144 Å². The average molecular weight is 339 g/mol. The van der Waals surface area contributed by atoms with Crippen LogP contribution in [0.1, 0.15) is 43.5 Å². The van der Waals surface area contributed by atoms with Gasteiger partial charge >= 0.3 is 0 Å². The lowest BCUT2D eigenvalue weighted by Gasteiger charge is -2.34. The van der Waals surface area contributed by atoms with Crippen LogP contribution in [-0.4, -0.2) is 35.7 Å². The number of carbonyl (C=O) groups is 2. The molecule has 1 amide bonds. The fourth-order valence-electron chi connectivity index (χ4n) is 2.91. The lowest BCUT2D eigenvalue weighted by molar-refractivity contribution is -0.135. The molecule has 0 aliphatic carbocycles. The van der Waals surface area contributed by atoms with Crippen molar-refractivity contribution in [2.24, 2.45) is 17.6 Å². The summed E-state index contributed by atoms with van der Waals surface area (Å²) in [6.07, 6.45) is 2.36. The van der Waals surface area contributed by atoms with Gasteiger partial charge in [-0.2, -0.15) is 0 Å². The van der Waals surface area contributed by atoms with Gasteiger partial charge in [-0.3, -0.25) is 9.59 Å². The fraction of sp³-hybridized carbons (Fsp3) is 0.556. The van der Waals surface area contributed by atoms with Gasteiger partial charge in [0.2, 0.25) is 5.91 Å². The second-order valence-electron chi connectivity index (χ2n) is 6.24. The third kappa shape index (κ3) is 4.79. The standard InChI is InChI=1S/C18H26N2O2.ClH/c1-3-13(2)16(19)18(22)20-11-9-15(10-12-20)17(21)14-7-5-4-6-8-14;/h4-8,13,15-16H,3,9-12,19H2,1-2H3;1H. The van der Waals surface area contributed by atoms with E-state index < -0.39 is 6.04 Å². The molecule has 2 unspecified atom stereocenters. The lowest BCUT2D eigenvalue weighted by atomic mass is 9.88. The quantitative estimate of drug-likeness (QED) is 0.839. The number of nitrogens with two attached hydrogens (primary N) is 1. The summed E-state index contributed by atoms with van der Waals surface area (Å²) < 4.78 is 0. The molecule has 0 radical (unpaired) electrons. The number of rotatable bonds is 5.